The number of piperidine rings is 1. The fourth-order valence-corrected chi connectivity index (χ4v) is 2.65. The fraction of sp³-hybridized carbons (Fsp3) is 0.625. The van der Waals surface area contributed by atoms with Crippen LogP contribution in [0.3, 0.4) is 0 Å². The first-order valence-corrected chi connectivity index (χ1v) is 7.32. The topological polar surface area (TPSA) is 32.7 Å². The number of likely N-dealkylation sites (tertiary alicyclic amines) is 1. The standard InChI is InChI=1S/C16H25NO2/c1-2-19-13-14-8-10-17(11-9-14)12-16(18)15-6-4-3-5-7-15/h3-7,14,16,18H,2,8-13H2,1H3. The largest absolute Gasteiger partial charge is 0.387 e. The number of hydrogen-bond acceptors (Lipinski definition) is 3. The Morgan fingerprint density at radius 2 is 1.95 bits per heavy atom. The van der Waals surface area contributed by atoms with E-state index < -0.39 is 0 Å². The molecule has 1 N–H and O–H groups in total. The first-order valence-electron chi connectivity index (χ1n) is 7.32. The van der Waals surface area contributed by atoms with E-state index in [4.69, 9.17) is 4.74 Å². The van der Waals surface area contributed by atoms with Gasteiger partial charge in [0.2, 0.25) is 0 Å². The van der Waals surface area contributed by atoms with Crippen LogP contribution in [0.5, 0.6) is 0 Å². The molecule has 3 nitrogen and oxygen atoms in total. The molecule has 106 valence electrons. The SMILES string of the molecule is CCOCC1CCN(CC(O)c2ccccc2)CC1. The summed E-state index contributed by atoms with van der Waals surface area (Å²) in [5.74, 6) is 0.699. The smallest absolute Gasteiger partial charge is 0.0916 e. The first-order chi connectivity index (χ1) is 9.29. The van der Waals surface area contributed by atoms with E-state index in [9.17, 15) is 5.11 Å². The molecule has 0 saturated carbocycles. The van der Waals surface area contributed by atoms with Crippen LogP contribution in [0, 0.1) is 5.92 Å². The molecule has 3 heteroatoms. The van der Waals surface area contributed by atoms with Crippen LogP contribution >= 0.6 is 0 Å². The molecule has 1 aromatic carbocycles. The number of benzene rings is 1. The third-order valence-electron chi connectivity index (χ3n) is 3.88. The lowest BCUT2D eigenvalue weighted by molar-refractivity contribution is 0.0534. The predicted molar refractivity (Wildman–Crippen MR) is 77.1 cm³/mol. The minimum absolute atomic E-state index is 0.371. The summed E-state index contributed by atoms with van der Waals surface area (Å²) < 4.78 is 5.49. The van der Waals surface area contributed by atoms with Gasteiger partial charge in [0.05, 0.1) is 6.10 Å². The van der Waals surface area contributed by atoms with Crippen molar-refractivity contribution in [1.82, 2.24) is 4.90 Å². The van der Waals surface area contributed by atoms with Gasteiger partial charge in [-0.15, -0.1) is 0 Å². The van der Waals surface area contributed by atoms with Crippen molar-refractivity contribution >= 4 is 0 Å². The van der Waals surface area contributed by atoms with Crippen molar-refractivity contribution in [2.24, 2.45) is 5.92 Å². The molecular formula is C16H25NO2. The molecule has 0 spiro atoms. The predicted octanol–water partition coefficient (Wildman–Crippen LogP) is 2.47. The molecule has 0 radical (unpaired) electrons. The number of aliphatic hydroxyl groups excluding tert-OH is 1. The lowest BCUT2D eigenvalue weighted by Crippen LogP contribution is -2.37. The Hall–Kier alpha value is -0.900. The monoisotopic (exact) mass is 263 g/mol. The van der Waals surface area contributed by atoms with Gasteiger partial charge in [-0.25, -0.2) is 0 Å². The summed E-state index contributed by atoms with van der Waals surface area (Å²) in [6.45, 7) is 6.64. The van der Waals surface area contributed by atoms with E-state index in [1.165, 1.54) is 12.8 Å². The second-order valence-electron chi connectivity index (χ2n) is 5.33. The zero-order chi connectivity index (χ0) is 13.5. The molecule has 1 aliphatic rings. The van der Waals surface area contributed by atoms with Gasteiger partial charge in [-0.3, -0.25) is 0 Å². The maximum Gasteiger partial charge on any atom is 0.0916 e. The maximum absolute atomic E-state index is 10.2. The van der Waals surface area contributed by atoms with Gasteiger partial charge in [-0.2, -0.15) is 0 Å². The third kappa shape index (κ3) is 4.60. The van der Waals surface area contributed by atoms with E-state index in [0.29, 0.717) is 5.92 Å². The highest BCUT2D eigenvalue weighted by Crippen LogP contribution is 2.20. The van der Waals surface area contributed by atoms with Gasteiger partial charge in [0, 0.05) is 19.8 Å². The molecule has 1 saturated heterocycles. The van der Waals surface area contributed by atoms with Gasteiger partial charge in [0.15, 0.2) is 0 Å². The molecule has 1 aliphatic heterocycles. The highest BCUT2D eigenvalue weighted by Gasteiger charge is 2.21. The zero-order valence-corrected chi connectivity index (χ0v) is 11.8. The van der Waals surface area contributed by atoms with Crippen LogP contribution in [0.2, 0.25) is 0 Å². The molecule has 1 heterocycles. The van der Waals surface area contributed by atoms with Crippen molar-refractivity contribution in [3.63, 3.8) is 0 Å². The van der Waals surface area contributed by atoms with Gasteiger partial charge in [0.1, 0.15) is 0 Å². The summed E-state index contributed by atoms with van der Waals surface area (Å²) in [6, 6.07) is 9.92. The van der Waals surface area contributed by atoms with Crippen molar-refractivity contribution in [3.8, 4) is 0 Å². The summed E-state index contributed by atoms with van der Waals surface area (Å²) in [6.07, 6.45) is 1.99. The molecule has 19 heavy (non-hydrogen) atoms. The molecule has 2 rings (SSSR count). The Labute approximate surface area is 116 Å². The van der Waals surface area contributed by atoms with Crippen LogP contribution in [0.1, 0.15) is 31.4 Å². The molecule has 1 fully saturated rings. The molecule has 0 aromatic heterocycles. The van der Waals surface area contributed by atoms with Crippen LogP contribution in [0.4, 0.5) is 0 Å². The molecule has 1 unspecified atom stereocenters. The van der Waals surface area contributed by atoms with Crippen molar-refractivity contribution < 1.29 is 9.84 Å². The van der Waals surface area contributed by atoms with Crippen LogP contribution in [0.25, 0.3) is 0 Å². The number of hydrogen-bond donors (Lipinski definition) is 1. The molecule has 0 bridgehead atoms. The maximum atomic E-state index is 10.2. The third-order valence-corrected chi connectivity index (χ3v) is 3.88. The fourth-order valence-electron chi connectivity index (χ4n) is 2.65. The molecular weight excluding hydrogens is 238 g/mol. The van der Waals surface area contributed by atoms with Gasteiger partial charge in [-0.1, -0.05) is 30.3 Å². The quantitative estimate of drug-likeness (QED) is 0.856. The van der Waals surface area contributed by atoms with E-state index in [1.807, 2.05) is 37.3 Å². The minimum atomic E-state index is -0.371. The number of aliphatic hydroxyl groups is 1. The van der Waals surface area contributed by atoms with Crippen LogP contribution in [-0.4, -0.2) is 42.9 Å². The Bertz CT molecular complexity index is 347. The van der Waals surface area contributed by atoms with Gasteiger partial charge >= 0.3 is 0 Å². The summed E-state index contributed by atoms with van der Waals surface area (Å²) in [5, 5.41) is 10.2. The average Bonchev–Trinajstić information content (AvgIpc) is 2.47. The molecule has 0 amide bonds. The highest BCUT2D eigenvalue weighted by molar-refractivity contribution is 5.17. The van der Waals surface area contributed by atoms with Crippen LogP contribution in [0.15, 0.2) is 30.3 Å². The second-order valence-corrected chi connectivity index (χ2v) is 5.33. The summed E-state index contributed by atoms with van der Waals surface area (Å²) >= 11 is 0. The summed E-state index contributed by atoms with van der Waals surface area (Å²) in [4.78, 5) is 2.36. The summed E-state index contributed by atoms with van der Waals surface area (Å²) in [7, 11) is 0. The van der Waals surface area contributed by atoms with E-state index >= 15 is 0 Å². The number of rotatable bonds is 6. The van der Waals surface area contributed by atoms with Gasteiger partial charge in [0.25, 0.3) is 0 Å². The van der Waals surface area contributed by atoms with E-state index in [0.717, 1.165) is 38.4 Å². The Kier molecular flexibility index (Phi) is 5.83. The second kappa shape index (κ2) is 7.63. The first kappa shape index (κ1) is 14.5. The van der Waals surface area contributed by atoms with Crippen molar-refractivity contribution in [2.45, 2.75) is 25.9 Å². The molecule has 0 aliphatic carbocycles. The van der Waals surface area contributed by atoms with Gasteiger partial charge in [-0.05, 0) is 44.3 Å². The summed E-state index contributed by atoms with van der Waals surface area (Å²) in [5.41, 5.74) is 1.01. The minimum Gasteiger partial charge on any atom is -0.387 e. The van der Waals surface area contributed by atoms with Crippen molar-refractivity contribution in [2.75, 3.05) is 32.8 Å². The van der Waals surface area contributed by atoms with E-state index in [-0.39, 0.29) is 6.10 Å². The molecule has 1 atom stereocenters. The number of β-amino-alcohol motifs (C(OH)–C–C–N with tert-alkyl or cyclic N) is 1. The van der Waals surface area contributed by atoms with Crippen molar-refractivity contribution in [3.05, 3.63) is 35.9 Å². The lowest BCUT2D eigenvalue weighted by atomic mass is 9.97. The number of nitrogens with zero attached hydrogens (tertiary/aromatic N) is 1. The lowest BCUT2D eigenvalue weighted by Gasteiger charge is -2.33. The van der Waals surface area contributed by atoms with E-state index in [2.05, 4.69) is 4.90 Å². The zero-order valence-electron chi connectivity index (χ0n) is 11.8. The Morgan fingerprint density at radius 3 is 2.58 bits per heavy atom. The Balaban J connectivity index is 1.73. The molecule has 1 aromatic rings. The average molecular weight is 263 g/mol. The normalized spacial score (nSPS) is 19.5. The van der Waals surface area contributed by atoms with Crippen molar-refractivity contribution in [1.29, 1.82) is 0 Å². The number of ether oxygens (including phenoxy) is 1. The van der Waals surface area contributed by atoms with Crippen LogP contribution in [-0.2, 0) is 4.74 Å². The highest BCUT2D eigenvalue weighted by atomic mass is 16.5. The van der Waals surface area contributed by atoms with E-state index in [1.54, 1.807) is 0 Å². The van der Waals surface area contributed by atoms with Gasteiger partial charge < -0.3 is 14.7 Å². The Morgan fingerprint density at radius 1 is 1.26 bits per heavy atom. The van der Waals surface area contributed by atoms with Crippen LogP contribution < -0.4 is 0 Å².